The molecule has 3 amide bonds. The Kier molecular flexibility index (Phi) is 8.49. The van der Waals surface area contributed by atoms with Crippen molar-refractivity contribution in [3.05, 3.63) is 46.7 Å². The first-order chi connectivity index (χ1) is 15.5. The number of thiophene rings is 1. The molecule has 0 unspecified atom stereocenters. The molecular formula is C23H29N3O5S. The fourth-order valence-electron chi connectivity index (χ4n) is 3.84. The second-order valence-corrected chi connectivity index (χ2v) is 8.86. The lowest BCUT2D eigenvalue weighted by Gasteiger charge is -2.32. The van der Waals surface area contributed by atoms with Crippen LogP contribution in [0.2, 0.25) is 0 Å². The Labute approximate surface area is 191 Å². The number of amides is 3. The number of nitrogens with one attached hydrogen (secondary N) is 2. The number of nitrogens with zero attached hydrogens (tertiary/aromatic N) is 1. The van der Waals surface area contributed by atoms with Crippen LogP contribution < -0.4 is 15.4 Å². The monoisotopic (exact) mass is 459 g/mol. The molecular weight excluding hydrogens is 430 g/mol. The first kappa shape index (κ1) is 23.6. The minimum absolute atomic E-state index is 0.0619. The molecule has 1 aliphatic heterocycles. The van der Waals surface area contributed by atoms with Crippen LogP contribution in [0.25, 0.3) is 0 Å². The maximum absolute atomic E-state index is 12.6. The van der Waals surface area contributed by atoms with Crippen molar-refractivity contribution >= 4 is 34.9 Å². The predicted molar refractivity (Wildman–Crippen MR) is 123 cm³/mol. The van der Waals surface area contributed by atoms with Crippen molar-refractivity contribution in [2.45, 2.75) is 31.6 Å². The van der Waals surface area contributed by atoms with E-state index in [1.807, 2.05) is 29.6 Å². The first-order valence-corrected chi connectivity index (χ1v) is 11.5. The molecule has 3 rings (SSSR count). The quantitative estimate of drug-likeness (QED) is 0.529. The summed E-state index contributed by atoms with van der Waals surface area (Å²) < 4.78 is 5.27. The van der Waals surface area contributed by atoms with Gasteiger partial charge in [0.05, 0.1) is 19.2 Å². The molecule has 0 spiro atoms. The van der Waals surface area contributed by atoms with Gasteiger partial charge in [-0.2, -0.15) is 0 Å². The molecule has 1 aromatic heterocycles. The summed E-state index contributed by atoms with van der Waals surface area (Å²) in [5, 5.41) is 16.9. The maximum atomic E-state index is 12.6. The Morgan fingerprint density at radius 1 is 1.16 bits per heavy atom. The van der Waals surface area contributed by atoms with Crippen molar-refractivity contribution in [2.24, 2.45) is 5.92 Å². The molecule has 1 fully saturated rings. The Morgan fingerprint density at radius 3 is 2.56 bits per heavy atom. The van der Waals surface area contributed by atoms with Crippen LogP contribution in [-0.4, -0.2) is 54.7 Å². The molecule has 9 heteroatoms. The highest BCUT2D eigenvalue weighted by Gasteiger charge is 2.25. The summed E-state index contributed by atoms with van der Waals surface area (Å²) in [5.41, 5.74) is 0.635. The highest BCUT2D eigenvalue weighted by atomic mass is 32.1. The molecule has 0 bridgehead atoms. The lowest BCUT2D eigenvalue weighted by Crippen LogP contribution is -2.43. The van der Waals surface area contributed by atoms with Crippen LogP contribution in [0.3, 0.4) is 0 Å². The van der Waals surface area contributed by atoms with Gasteiger partial charge in [0.2, 0.25) is 5.91 Å². The number of piperidine rings is 1. The summed E-state index contributed by atoms with van der Waals surface area (Å²) in [5.74, 6) is -0.458. The number of ether oxygens (including phenoxy) is 1. The third-order valence-corrected chi connectivity index (χ3v) is 6.67. The first-order valence-electron chi connectivity index (χ1n) is 10.7. The average Bonchev–Trinajstić information content (AvgIpc) is 3.33. The second-order valence-electron chi connectivity index (χ2n) is 7.88. The highest BCUT2D eigenvalue weighted by molar-refractivity contribution is 7.10. The summed E-state index contributed by atoms with van der Waals surface area (Å²) in [7, 11) is 1.56. The molecule has 1 saturated heterocycles. The van der Waals surface area contributed by atoms with Gasteiger partial charge in [-0.25, -0.2) is 4.79 Å². The molecule has 8 nitrogen and oxygen atoms in total. The number of aliphatic carboxylic acids is 1. The third-order valence-electron chi connectivity index (χ3n) is 5.64. The van der Waals surface area contributed by atoms with Gasteiger partial charge in [0.25, 0.3) is 0 Å². The Hall–Kier alpha value is -3.07. The van der Waals surface area contributed by atoms with Crippen LogP contribution in [0.1, 0.15) is 36.5 Å². The normalized spacial score (nSPS) is 15.1. The lowest BCUT2D eigenvalue weighted by atomic mass is 9.96. The summed E-state index contributed by atoms with van der Waals surface area (Å²) in [4.78, 5) is 38.8. The number of para-hydroxylation sites is 2. The van der Waals surface area contributed by atoms with Crippen molar-refractivity contribution in [3.8, 4) is 5.75 Å². The zero-order valence-electron chi connectivity index (χ0n) is 18.1. The topological polar surface area (TPSA) is 108 Å². The fourth-order valence-corrected chi connectivity index (χ4v) is 4.67. The number of urea groups is 1. The van der Waals surface area contributed by atoms with Gasteiger partial charge >= 0.3 is 12.0 Å². The number of hydrogen-bond donors (Lipinski definition) is 3. The average molecular weight is 460 g/mol. The molecule has 0 radical (unpaired) electrons. The van der Waals surface area contributed by atoms with E-state index in [1.54, 1.807) is 24.1 Å². The lowest BCUT2D eigenvalue weighted by molar-refractivity contribution is -0.137. The molecule has 1 aromatic carbocycles. The van der Waals surface area contributed by atoms with Gasteiger partial charge in [-0.3, -0.25) is 9.59 Å². The number of carbonyl (C=O) groups is 3. The molecule has 1 aliphatic rings. The number of likely N-dealkylation sites (tertiary alicyclic amines) is 1. The van der Waals surface area contributed by atoms with Gasteiger partial charge in [-0.1, -0.05) is 18.2 Å². The molecule has 1 atom stereocenters. The van der Waals surface area contributed by atoms with Crippen LogP contribution in [0.5, 0.6) is 5.75 Å². The summed E-state index contributed by atoms with van der Waals surface area (Å²) >= 11 is 1.47. The Bertz CT molecular complexity index is 910. The van der Waals surface area contributed by atoms with E-state index in [0.717, 1.165) is 17.7 Å². The van der Waals surface area contributed by atoms with Crippen molar-refractivity contribution in [1.82, 2.24) is 10.2 Å². The Balaban J connectivity index is 1.42. The summed E-state index contributed by atoms with van der Waals surface area (Å²) in [6.45, 7) is 1.75. The van der Waals surface area contributed by atoms with Gasteiger partial charge in [0, 0.05) is 36.9 Å². The van der Waals surface area contributed by atoms with Crippen molar-refractivity contribution < 1.29 is 24.2 Å². The SMILES string of the molecule is COc1ccccc1NC(=O)N1CCC(CNC(=O)C[C@H](CC(=O)O)c2cccs2)CC1. The van der Waals surface area contributed by atoms with E-state index in [1.165, 1.54) is 11.3 Å². The van der Waals surface area contributed by atoms with Gasteiger partial charge in [-0.05, 0) is 42.3 Å². The number of carboxylic acids is 1. The van der Waals surface area contributed by atoms with Crippen LogP contribution in [-0.2, 0) is 9.59 Å². The number of carbonyl (C=O) groups excluding carboxylic acids is 2. The standard InChI is InChI=1S/C23H29N3O5S/c1-31-19-6-3-2-5-18(19)25-23(30)26-10-8-16(9-11-26)15-24-21(27)13-17(14-22(28)29)20-7-4-12-32-20/h2-7,12,16-17H,8-11,13-15H2,1H3,(H,24,27)(H,25,30)(H,28,29)/t17-/m1/s1. The largest absolute Gasteiger partial charge is 0.495 e. The fraction of sp³-hybridized carbons (Fsp3) is 0.435. The molecule has 32 heavy (non-hydrogen) atoms. The van der Waals surface area contributed by atoms with E-state index >= 15 is 0 Å². The minimum Gasteiger partial charge on any atom is -0.495 e. The Morgan fingerprint density at radius 2 is 1.91 bits per heavy atom. The number of anilines is 1. The highest BCUT2D eigenvalue weighted by Crippen LogP contribution is 2.28. The zero-order valence-corrected chi connectivity index (χ0v) is 18.9. The van der Waals surface area contributed by atoms with E-state index in [-0.39, 0.29) is 36.6 Å². The van der Waals surface area contributed by atoms with Gasteiger partial charge in [-0.15, -0.1) is 11.3 Å². The number of hydrogen-bond acceptors (Lipinski definition) is 5. The van der Waals surface area contributed by atoms with E-state index in [4.69, 9.17) is 9.84 Å². The molecule has 2 heterocycles. The smallest absolute Gasteiger partial charge is 0.321 e. The van der Waals surface area contributed by atoms with Gasteiger partial charge in [0.1, 0.15) is 5.75 Å². The van der Waals surface area contributed by atoms with Gasteiger partial charge < -0.3 is 25.4 Å². The number of methoxy groups -OCH3 is 1. The van der Waals surface area contributed by atoms with E-state index < -0.39 is 5.97 Å². The van der Waals surface area contributed by atoms with Crippen LogP contribution in [0, 0.1) is 5.92 Å². The molecule has 2 aromatic rings. The zero-order chi connectivity index (χ0) is 22.9. The van der Waals surface area contributed by atoms with Crippen molar-refractivity contribution in [1.29, 1.82) is 0 Å². The van der Waals surface area contributed by atoms with Crippen LogP contribution >= 0.6 is 11.3 Å². The van der Waals surface area contributed by atoms with E-state index in [9.17, 15) is 14.4 Å². The minimum atomic E-state index is -0.907. The maximum Gasteiger partial charge on any atom is 0.321 e. The molecule has 0 aliphatic carbocycles. The predicted octanol–water partition coefficient (Wildman–Crippen LogP) is 3.77. The van der Waals surface area contributed by atoms with E-state index in [0.29, 0.717) is 31.1 Å². The molecule has 172 valence electrons. The number of carboxylic acid groups (broad SMARTS) is 1. The van der Waals surface area contributed by atoms with Crippen LogP contribution in [0.15, 0.2) is 41.8 Å². The van der Waals surface area contributed by atoms with Gasteiger partial charge in [0.15, 0.2) is 0 Å². The summed E-state index contributed by atoms with van der Waals surface area (Å²) in [6, 6.07) is 10.9. The molecule has 0 saturated carbocycles. The van der Waals surface area contributed by atoms with Crippen LogP contribution in [0.4, 0.5) is 10.5 Å². The van der Waals surface area contributed by atoms with E-state index in [2.05, 4.69) is 10.6 Å². The molecule has 3 N–H and O–H groups in total. The summed E-state index contributed by atoms with van der Waals surface area (Å²) in [6.07, 6.45) is 1.69. The third kappa shape index (κ3) is 6.71. The second kappa shape index (κ2) is 11.5. The number of benzene rings is 1. The number of rotatable bonds is 9. The van der Waals surface area contributed by atoms with Crippen molar-refractivity contribution in [3.63, 3.8) is 0 Å². The van der Waals surface area contributed by atoms with Crippen molar-refractivity contribution in [2.75, 3.05) is 32.1 Å².